The third kappa shape index (κ3) is 2.39. The fraction of sp³-hybridized carbons (Fsp3) is 0.667. The number of rotatable bonds is 4. The molecule has 0 bridgehead atoms. The van der Waals surface area contributed by atoms with Crippen molar-refractivity contribution in [2.45, 2.75) is 44.1 Å². The second kappa shape index (κ2) is 5.37. The van der Waals surface area contributed by atoms with Gasteiger partial charge in [-0.25, -0.2) is 0 Å². The Balaban J connectivity index is 2.12. The fourth-order valence-corrected chi connectivity index (χ4v) is 2.48. The Morgan fingerprint density at radius 3 is 3.00 bits per heavy atom. The minimum Gasteiger partial charge on any atom is -0.330 e. The fourth-order valence-electron chi connectivity index (χ4n) is 2.48. The quantitative estimate of drug-likeness (QED) is 0.792. The first-order valence-corrected chi connectivity index (χ1v) is 6.08. The average molecular weight is 220 g/mol. The van der Waals surface area contributed by atoms with Crippen LogP contribution in [0.25, 0.3) is 0 Å². The number of nitrogens with two attached hydrogens (primary N) is 2. The van der Waals surface area contributed by atoms with Gasteiger partial charge in [0.25, 0.3) is 0 Å². The molecule has 4 nitrogen and oxygen atoms in total. The van der Waals surface area contributed by atoms with Crippen molar-refractivity contribution in [3.05, 3.63) is 23.8 Å². The smallest absolute Gasteiger partial charge is 0.0665 e. The van der Waals surface area contributed by atoms with E-state index in [9.17, 15) is 0 Å². The molecule has 0 fully saturated rings. The molecule has 2 atom stereocenters. The van der Waals surface area contributed by atoms with Gasteiger partial charge in [0, 0.05) is 24.4 Å². The molecule has 0 aliphatic heterocycles. The second-order valence-corrected chi connectivity index (χ2v) is 4.48. The monoisotopic (exact) mass is 220 g/mol. The zero-order valence-corrected chi connectivity index (χ0v) is 9.60. The van der Waals surface area contributed by atoms with E-state index in [2.05, 4.69) is 9.97 Å². The Hall–Kier alpha value is -1.00. The highest BCUT2D eigenvalue weighted by Gasteiger charge is 2.26. The second-order valence-electron chi connectivity index (χ2n) is 4.48. The molecule has 1 aliphatic carbocycles. The van der Waals surface area contributed by atoms with Gasteiger partial charge in [0.1, 0.15) is 0 Å². The maximum Gasteiger partial charge on any atom is 0.0665 e. The predicted octanol–water partition coefficient (Wildman–Crippen LogP) is 0.963. The van der Waals surface area contributed by atoms with Crippen LogP contribution in [0, 0.1) is 0 Å². The summed E-state index contributed by atoms with van der Waals surface area (Å²) in [6.45, 7) is 0.716. The molecule has 2 unspecified atom stereocenters. The van der Waals surface area contributed by atoms with E-state index in [0.29, 0.717) is 12.5 Å². The first-order chi connectivity index (χ1) is 7.83. The van der Waals surface area contributed by atoms with Gasteiger partial charge >= 0.3 is 0 Å². The molecule has 0 radical (unpaired) electrons. The summed E-state index contributed by atoms with van der Waals surface area (Å²) in [5.41, 5.74) is 14.0. The maximum atomic E-state index is 6.23. The number of nitrogens with zero attached hydrogens (tertiary/aromatic N) is 2. The molecule has 1 aromatic rings. The molecule has 4 heteroatoms. The minimum absolute atomic E-state index is 0.180. The van der Waals surface area contributed by atoms with Crippen molar-refractivity contribution in [1.82, 2.24) is 9.97 Å². The topological polar surface area (TPSA) is 77.8 Å². The van der Waals surface area contributed by atoms with E-state index in [1.807, 2.05) is 0 Å². The maximum absolute atomic E-state index is 6.23. The normalized spacial score (nSPS) is 21.5. The van der Waals surface area contributed by atoms with E-state index in [1.54, 1.807) is 12.4 Å². The lowest BCUT2D eigenvalue weighted by Gasteiger charge is -2.28. The summed E-state index contributed by atoms with van der Waals surface area (Å²) >= 11 is 0. The van der Waals surface area contributed by atoms with Gasteiger partial charge in [0.2, 0.25) is 0 Å². The zero-order chi connectivity index (χ0) is 11.4. The summed E-state index contributed by atoms with van der Waals surface area (Å²) in [6, 6.07) is 0.180. The van der Waals surface area contributed by atoms with E-state index in [1.165, 1.54) is 6.42 Å². The highest BCUT2D eigenvalue weighted by Crippen LogP contribution is 2.31. The molecule has 4 N–H and O–H groups in total. The molecule has 1 heterocycles. The molecule has 2 rings (SSSR count). The van der Waals surface area contributed by atoms with Gasteiger partial charge in [-0.3, -0.25) is 9.97 Å². The van der Waals surface area contributed by atoms with Crippen molar-refractivity contribution >= 4 is 0 Å². The molecule has 16 heavy (non-hydrogen) atoms. The Morgan fingerprint density at radius 1 is 1.38 bits per heavy atom. The standard InChI is InChI=1S/C12H20N4/c13-6-2-4-10(14)9-3-1-5-11-12(9)16-8-7-15-11/h7-10H,1-6,13-14H2. The molecule has 0 amide bonds. The highest BCUT2D eigenvalue weighted by atomic mass is 14.8. The lowest BCUT2D eigenvalue weighted by molar-refractivity contribution is 0.422. The Kier molecular flexibility index (Phi) is 3.85. The van der Waals surface area contributed by atoms with Crippen molar-refractivity contribution < 1.29 is 0 Å². The zero-order valence-electron chi connectivity index (χ0n) is 9.60. The highest BCUT2D eigenvalue weighted by molar-refractivity contribution is 5.20. The van der Waals surface area contributed by atoms with E-state index < -0.39 is 0 Å². The Morgan fingerprint density at radius 2 is 2.19 bits per heavy atom. The third-order valence-electron chi connectivity index (χ3n) is 3.34. The van der Waals surface area contributed by atoms with Gasteiger partial charge in [-0.1, -0.05) is 0 Å². The number of aryl methyl sites for hydroxylation is 1. The van der Waals surface area contributed by atoms with Crippen molar-refractivity contribution in [3.8, 4) is 0 Å². The predicted molar refractivity (Wildman–Crippen MR) is 64.0 cm³/mol. The molecule has 0 aromatic carbocycles. The van der Waals surface area contributed by atoms with Crippen molar-refractivity contribution in [2.75, 3.05) is 6.54 Å². The lowest BCUT2D eigenvalue weighted by atomic mass is 9.83. The third-order valence-corrected chi connectivity index (χ3v) is 3.34. The van der Waals surface area contributed by atoms with Crippen LogP contribution in [0.15, 0.2) is 12.4 Å². The summed E-state index contributed by atoms with van der Waals surface area (Å²) < 4.78 is 0. The summed E-state index contributed by atoms with van der Waals surface area (Å²) in [5, 5.41) is 0. The molecule has 1 aromatic heterocycles. The van der Waals surface area contributed by atoms with Crippen LogP contribution in [-0.2, 0) is 6.42 Å². The molecule has 0 saturated heterocycles. The first-order valence-electron chi connectivity index (χ1n) is 6.08. The number of aromatic nitrogens is 2. The van der Waals surface area contributed by atoms with Gasteiger partial charge < -0.3 is 11.5 Å². The minimum atomic E-state index is 0.180. The first kappa shape index (κ1) is 11.5. The van der Waals surface area contributed by atoms with Crippen LogP contribution < -0.4 is 11.5 Å². The van der Waals surface area contributed by atoms with Gasteiger partial charge in [-0.05, 0) is 38.6 Å². The van der Waals surface area contributed by atoms with E-state index in [0.717, 1.165) is 37.1 Å². The number of hydrogen-bond acceptors (Lipinski definition) is 4. The molecule has 0 saturated carbocycles. The average Bonchev–Trinajstić information content (AvgIpc) is 2.35. The summed E-state index contributed by atoms with van der Waals surface area (Å²) in [7, 11) is 0. The summed E-state index contributed by atoms with van der Waals surface area (Å²) in [4.78, 5) is 8.85. The molecule has 0 spiro atoms. The SMILES string of the molecule is NCCCC(N)C1CCCc2nccnc21. The van der Waals surface area contributed by atoms with Crippen molar-refractivity contribution in [3.63, 3.8) is 0 Å². The Labute approximate surface area is 96.5 Å². The molecule has 1 aliphatic rings. The van der Waals surface area contributed by atoms with Gasteiger partial charge in [-0.15, -0.1) is 0 Å². The van der Waals surface area contributed by atoms with E-state index in [4.69, 9.17) is 11.5 Å². The van der Waals surface area contributed by atoms with E-state index in [-0.39, 0.29) is 6.04 Å². The number of hydrogen-bond donors (Lipinski definition) is 2. The summed E-state index contributed by atoms with van der Waals surface area (Å²) in [6.07, 6.45) is 8.87. The number of fused-ring (bicyclic) bond motifs is 1. The van der Waals surface area contributed by atoms with Gasteiger partial charge in [0.05, 0.1) is 11.4 Å². The Bertz CT molecular complexity index is 340. The van der Waals surface area contributed by atoms with Crippen LogP contribution in [0.5, 0.6) is 0 Å². The van der Waals surface area contributed by atoms with Crippen LogP contribution in [0.3, 0.4) is 0 Å². The van der Waals surface area contributed by atoms with E-state index >= 15 is 0 Å². The van der Waals surface area contributed by atoms with Gasteiger partial charge in [0.15, 0.2) is 0 Å². The van der Waals surface area contributed by atoms with Crippen LogP contribution >= 0.6 is 0 Å². The van der Waals surface area contributed by atoms with Crippen LogP contribution in [0.4, 0.5) is 0 Å². The van der Waals surface area contributed by atoms with Crippen molar-refractivity contribution in [2.24, 2.45) is 11.5 Å². The molecular weight excluding hydrogens is 200 g/mol. The van der Waals surface area contributed by atoms with Gasteiger partial charge in [-0.2, -0.15) is 0 Å². The lowest BCUT2D eigenvalue weighted by Crippen LogP contribution is -2.32. The van der Waals surface area contributed by atoms with Crippen molar-refractivity contribution in [1.29, 1.82) is 0 Å². The van der Waals surface area contributed by atoms with Crippen LogP contribution in [0.2, 0.25) is 0 Å². The largest absolute Gasteiger partial charge is 0.330 e. The molecular formula is C12H20N4. The molecule has 88 valence electrons. The summed E-state index contributed by atoms with van der Waals surface area (Å²) in [5.74, 6) is 0.379. The van der Waals surface area contributed by atoms with Crippen LogP contribution in [-0.4, -0.2) is 22.6 Å². The van der Waals surface area contributed by atoms with Crippen LogP contribution in [0.1, 0.15) is 43.0 Å².